The maximum absolute atomic E-state index is 10.4. The Balaban J connectivity index is 0.000000810. The van der Waals surface area contributed by atoms with E-state index in [0.717, 1.165) is 12.8 Å². The Labute approximate surface area is 65.6 Å². The minimum atomic E-state index is -0.366. The van der Waals surface area contributed by atoms with Crippen LogP contribution in [0.25, 0.3) is 0 Å². The summed E-state index contributed by atoms with van der Waals surface area (Å²) >= 11 is 0. The summed E-state index contributed by atoms with van der Waals surface area (Å²) in [7, 11) is 0. The molecule has 0 bridgehead atoms. The Hall–Kier alpha value is -0.700. The topological polar surface area (TPSA) is 52.3 Å². The lowest BCUT2D eigenvalue weighted by Gasteiger charge is -2.09. The molecule has 0 aromatic rings. The Morgan fingerprint density at radius 1 is 1.70 bits per heavy atom. The minimum absolute atomic E-state index is 0. The van der Waals surface area contributed by atoms with E-state index in [1.165, 1.54) is 6.26 Å². The number of rotatable bonds is 1. The van der Waals surface area contributed by atoms with Gasteiger partial charge < -0.3 is 10.5 Å². The first-order chi connectivity index (χ1) is 4.30. The summed E-state index contributed by atoms with van der Waals surface area (Å²) in [5.41, 5.74) is 5.58. The summed E-state index contributed by atoms with van der Waals surface area (Å²) in [6.07, 6.45) is 3.11. The maximum atomic E-state index is 10.4. The fourth-order valence-corrected chi connectivity index (χ4v) is 0.746. The van der Waals surface area contributed by atoms with Crippen LogP contribution in [0.5, 0.6) is 0 Å². The van der Waals surface area contributed by atoms with Crippen molar-refractivity contribution in [1.82, 2.24) is 0 Å². The highest BCUT2D eigenvalue weighted by Gasteiger charge is 2.08. The van der Waals surface area contributed by atoms with Crippen molar-refractivity contribution in [2.75, 3.05) is 6.61 Å². The standard InChI is InChI=1S/C6H9NO2.ClH/c7-6(8)5-2-1-3-9-4-5;/h4H,1-3H2,(H2,7,8);1H. The van der Waals surface area contributed by atoms with E-state index in [-0.39, 0.29) is 18.3 Å². The smallest absolute Gasteiger partial charge is 0.247 e. The molecule has 0 fully saturated rings. The third-order valence-corrected chi connectivity index (χ3v) is 1.25. The lowest BCUT2D eigenvalue weighted by atomic mass is 10.1. The zero-order valence-corrected chi connectivity index (χ0v) is 6.32. The van der Waals surface area contributed by atoms with Gasteiger partial charge in [0.25, 0.3) is 0 Å². The number of primary amides is 1. The van der Waals surface area contributed by atoms with Gasteiger partial charge in [-0.15, -0.1) is 12.4 Å². The molecule has 1 rings (SSSR count). The molecule has 0 atom stereocenters. The Morgan fingerprint density at radius 3 is 2.70 bits per heavy atom. The van der Waals surface area contributed by atoms with E-state index in [1.807, 2.05) is 0 Å². The van der Waals surface area contributed by atoms with E-state index in [9.17, 15) is 4.79 Å². The SMILES string of the molecule is Cl.NC(=O)C1=COCCC1. The maximum Gasteiger partial charge on any atom is 0.247 e. The summed E-state index contributed by atoms with van der Waals surface area (Å²) in [6.45, 7) is 0.705. The third-order valence-electron chi connectivity index (χ3n) is 1.25. The van der Waals surface area contributed by atoms with Gasteiger partial charge in [0.05, 0.1) is 18.4 Å². The molecule has 1 heterocycles. The van der Waals surface area contributed by atoms with Crippen LogP contribution in [0, 0.1) is 0 Å². The van der Waals surface area contributed by atoms with Gasteiger partial charge in [0.15, 0.2) is 0 Å². The van der Waals surface area contributed by atoms with Crippen LogP contribution in [-0.2, 0) is 9.53 Å². The molecule has 1 amide bonds. The average Bonchev–Trinajstić information content (AvgIpc) is 1.90. The van der Waals surface area contributed by atoms with Crippen LogP contribution in [0.2, 0.25) is 0 Å². The van der Waals surface area contributed by atoms with Gasteiger partial charge in [0, 0.05) is 0 Å². The Morgan fingerprint density at radius 2 is 2.40 bits per heavy atom. The molecular weight excluding hydrogens is 154 g/mol. The summed E-state index contributed by atoms with van der Waals surface area (Å²) < 4.78 is 4.88. The molecule has 0 aliphatic carbocycles. The van der Waals surface area contributed by atoms with E-state index < -0.39 is 0 Å². The number of carbonyl (C=O) groups excluding carboxylic acids is 1. The third kappa shape index (κ3) is 2.27. The average molecular weight is 164 g/mol. The number of hydrogen-bond acceptors (Lipinski definition) is 2. The molecule has 1 aliphatic heterocycles. The van der Waals surface area contributed by atoms with Crippen LogP contribution in [0.15, 0.2) is 11.8 Å². The minimum Gasteiger partial charge on any atom is -0.501 e. The summed E-state index contributed by atoms with van der Waals surface area (Å²) in [6, 6.07) is 0. The fraction of sp³-hybridized carbons (Fsp3) is 0.500. The second kappa shape index (κ2) is 4.17. The van der Waals surface area contributed by atoms with Crippen LogP contribution in [-0.4, -0.2) is 12.5 Å². The molecule has 3 nitrogen and oxygen atoms in total. The molecule has 0 saturated heterocycles. The van der Waals surface area contributed by atoms with E-state index in [1.54, 1.807) is 0 Å². The van der Waals surface area contributed by atoms with Gasteiger partial charge in [0.2, 0.25) is 5.91 Å². The first kappa shape index (κ1) is 9.30. The monoisotopic (exact) mass is 163 g/mol. The normalized spacial score (nSPS) is 16.2. The van der Waals surface area contributed by atoms with Gasteiger partial charge in [0.1, 0.15) is 0 Å². The van der Waals surface area contributed by atoms with Crippen molar-refractivity contribution < 1.29 is 9.53 Å². The molecule has 0 aromatic heterocycles. The highest BCUT2D eigenvalue weighted by Crippen LogP contribution is 2.09. The summed E-state index contributed by atoms with van der Waals surface area (Å²) in [5, 5.41) is 0. The van der Waals surface area contributed by atoms with Gasteiger partial charge in [-0.05, 0) is 12.8 Å². The molecular formula is C6H10ClNO2. The van der Waals surface area contributed by atoms with Crippen molar-refractivity contribution in [3.8, 4) is 0 Å². The highest BCUT2D eigenvalue weighted by atomic mass is 35.5. The van der Waals surface area contributed by atoms with E-state index in [2.05, 4.69) is 0 Å². The molecule has 0 unspecified atom stereocenters. The molecule has 0 saturated carbocycles. The number of hydrogen-bond donors (Lipinski definition) is 1. The van der Waals surface area contributed by atoms with Crippen LogP contribution in [0.1, 0.15) is 12.8 Å². The molecule has 0 aromatic carbocycles. The van der Waals surface area contributed by atoms with Crippen molar-refractivity contribution in [2.24, 2.45) is 5.73 Å². The largest absolute Gasteiger partial charge is 0.501 e. The number of ether oxygens (including phenoxy) is 1. The summed E-state index contributed by atoms with van der Waals surface area (Å²) in [4.78, 5) is 10.4. The van der Waals surface area contributed by atoms with Crippen molar-refractivity contribution in [2.45, 2.75) is 12.8 Å². The Kier molecular flexibility index (Phi) is 3.88. The van der Waals surface area contributed by atoms with Crippen molar-refractivity contribution in [1.29, 1.82) is 0 Å². The number of amides is 1. The number of carbonyl (C=O) groups is 1. The van der Waals surface area contributed by atoms with E-state index in [0.29, 0.717) is 12.2 Å². The Bertz CT molecular complexity index is 156. The molecule has 2 N–H and O–H groups in total. The van der Waals surface area contributed by atoms with Crippen LogP contribution in [0.3, 0.4) is 0 Å². The predicted octanol–water partition coefficient (Wildman–Crippen LogP) is 0.588. The number of nitrogens with two attached hydrogens (primary N) is 1. The molecule has 4 heteroatoms. The van der Waals surface area contributed by atoms with Crippen LogP contribution in [0.4, 0.5) is 0 Å². The van der Waals surface area contributed by atoms with Crippen molar-refractivity contribution >= 4 is 18.3 Å². The number of halogens is 1. The second-order valence-corrected chi connectivity index (χ2v) is 1.98. The van der Waals surface area contributed by atoms with Gasteiger partial charge in [-0.3, -0.25) is 4.79 Å². The van der Waals surface area contributed by atoms with Crippen molar-refractivity contribution in [3.05, 3.63) is 11.8 Å². The van der Waals surface area contributed by atoms with Gasteiger partial charge in [-0.25, -0.2) is 0 Å². The van der Waals surface area contributed by atoms with Gasteiger partial charge in [-0.2, -0.15) is 0 Å². The summed E-state index contributed by atoms with van der Waals surface area (Å²) in [5.74, 6) is -0.366. The van der Waals surface area contributed by atoms with Crippen LogP contribution >= 0.6 is 12.4 Å². The highest BCUT2D eigenvalue weighted by molar-refractivity contribution is 5.91. The van der Waals surface area contributed by atoms with E-state index in [4.69, 9.17) is 10.5 Å². The van der Waals surface area contributed by atoms with Crippen LogP contribution < -0.4 is 5.73 Å². The van der Waals surface area contributed by atoms with E-state index >= 15 is 0 Å². The van der Waals surface area contributed by atoms with Gasteiger partial charge in [-0.1, -0.05) is 0 Å². The first-order valence-corrected chi connectivity index (χ1v) is 2.91. The van der Waals surface area contributed by atoms with Crippen molar-refractivity contribution in [3.63, 3.8) is 0 Å². The fourth-order valence-electron chi connectivity index (χ4n) is 0.746. The molecule has 0 radical (unpaired) electrons. The predicted molar refractivity (Wildman–Crippen MR) is 39.7 cm³/mol. The molecule has 10 heavy (non-hydrogen) atoms. The molecule has 58 valence electrons. The lowest BCUT2D eigenvalue weighted by Crippen LogP contribution is -2.16. The van der Waals surface area contributed by atoms with Gasteiger partial charge >= 0.3 is 0 Å². The quantitative estimate of drug-likeness (QED) is 0.615. The zero-order valence-electron chi connectivity index (χ0n) is 5.50. The second-order valence-electron chi connectivity index (χ2n) is 1.98. The zero-order chi connectivity index (χ0) is 6.69. The molecule has 1 aliphatic rings. The molecule has 0 spiro atoms. The first-order valence-electron chi connectivity index (χ1n) is 2.91. The lowest BCUT2D eigenvalue weighted by molar-refractivity contribution is -0.115.